The molecule has 0 heterocycles. The molecule has 25 heavy (non-hydrogen) atoms. The number of amides is 1. The van der Waals surface area contributed by atoms with Crippen molar-refractivity contribution in [2.75, 3.05) is 4.90 Å². The van der Waals surface area contributed by atoms with E-state index in [1.165, 1.54) is 11.1 Å². The number of anilines is 1. The lowest BCUT2D eigenvalue weighted by Crippen LogP contribution is -2.40. The molecule has 0 radical (unpaired) electrons. The van der Waals surface area contributed by atoms with Gasteiger partial charge in [-0.15, -0.1) is 0 Å². The average molecular weight is 338 g/mol. The van der Waals surface area contributed by atoms with Crippen molar-refractivity contribution in [3.8, 4) is 11.1 Å². The lowest BCUT2D eigenvalue weighted by atomic mass is 10.0. The summed E-state index contributed by atoms with van der Waals surface area (Å²) in [6.45, 7) is 6.47. The molecule has 2 aromatic carbocycles. The lowest BCUT2D eigenvalue weighted by Gasteiger charge is -2.32. The first-order valence-corrected chi connectivity index (χ1v) is 9.68. The van der Waals surface area contributed by atoms with Crippen LogP contribution in [0.25, 0.3) is 11.1 Å². The van der Waals surface area contributed by atoms with Crippen LogP contribution in [0.15, 0.2) is 54.6 Å². The van der Waals surface area contributed by atoms with E-state index in [4.69, 9.17) is 0 Å². The van der Waals surface area contributed by atoms with Crippen molar-refractivity contribution in [2.24, 2.45) is 0 Å². The highest BCUT2D eigenvalue weighted by Gasteiger charge is 2.23. The summed E-state index contributed by atoms with van der Waals surface area (Å²) in [4.78, 5) is 15.0. The van der Waals surface area contributed by atoms with Crippen LogP contribution in [-0.4, -0.2) is 11.9 Å². The van der Waals surface area contributed by atoms with Crippen molar-refractivity contribution in [2.45, 2.75) is 65.3 Å². The number of carbonyl (C=O) groups excluding carboxylic acids is 1. The van der Waals surface area contributed by atoms with Crippen LogP contribution in [0.1, 0.15) is 59.3 Å². The smallest absolute Gasteiger partial charge is 0.227 e. The molecule has 0 spiro atoms. The summed E-state index contributed by atoms with van der Waals surface area (Å²) in [7, 11) is 0. The summed E-state index contributed by atoms with van der Waals surface area (Å²) in [6.07, 6.45) is 5.80. The molecule has 0 N–H and O–H groups in total. The predicted molar refractivity (Wildman–Crippen MR) is 108 cm³/mol. The Morgan fingerprint density at radius 1 is 0.840 bits per heavy atom. The fourth-order valence-corrected chi connectivity index (χ4v) is 3.43. The molecule has 2 rings (SSSR count). The van der Waals surface area contributed by atoms with Gasteiger partial charge in [-0.25, -0.2) is 0 Å². The second-order valence-corrected chi connectivity index (χ2v) is 6.66. The van der Waals surface area contributed by atoms with Crippen molar-refractivity contribution in [1.29, 1.82) is 0 Å². The summed E-state index contributed by atoms with van der Waals surface area (Å²) in [6, 6.07) is 19.1. The van der Waals surface area contributed by atoms with Crippen molar-refractivity contribution >= 4 is 11.6 Å². The van der Waals surface area contributed by atoms with E-state index < -0.39 is 0 Å². The van der Waals surface area contributed by atoms with E-state index in [1.807, 2.05) is 6.07 Å². The van der Waals surface area contributed by atoms with Gasteiger partial charge in [0, 0.05) is 18.2 Å². The van der Waals surface area contributed by atoms with Crippen LogP contribution in [0, 0.1) is 0 Å². The van der Waals surface area contributed by atoms with Gasteiger partial charge in [-0.1, -0.05) is 76.1 Å². The minimum atomic E-state index is 0.250. The zero-order valence-electron chi connectivity index (χ0n) is 15.9. The summed E-state index contributed by atoms with van der Waals surface area (Å²) in [5.41, 5.74) is 3.39. The monoisotopic (exact) mass is 337 g/mol. The summed E-state index contributed by atoms with van der Waals surface area (Å²) in [5.74, 6) is 0.250. The molecule has 0 aromatic heterocycles. The van der Waals surface area contributed by atoms with E-state index in [0.29, 0.717) is 12.5 Å². The van der Waals surface area contributed by atoms with Crippen molar-refractivity contribution in [3.05, 3.63) is 54.6 Å². The number of hydrogen-bond acceptors (Lipinski definition) is 1. The quantitative estimate of drug-likeness (QED) is 0.514. The fraction of sp³-hybridized carbons (Fsp3) is 0.435. The molecule has 0 aliphatic rings. The first-order valence-electron chi connectivity index (χ1n) is 9.68. The molecule has 0 saturated heterocycles. The van der Waals surface area contributed by atoms with Gasteiger partial charge in [0.2, 0.25) is 5.91 Å². The number of benzene rings is 2. The fourth-order valence-electron chi connectivity index (χ4n) is 3.43. The molecule has 0 aliphatic heterocycles. The molecule has 1 amide bonds. The summed E-state index contributed by atoms with van der Waals surface area (Å²) >= 11 is 0. The molecule has 2 heteroatoms. The van der Waals surface area contributed by atoms with Gasteiger partial charge < -0.3 is 4.90 Å². The van der Waals surface area contributed by atoms with Crippen LogP contribution >= 0.6 is 0 Å². The molecule has 0 saturated carbocycles. The second kappa shape index (κ2) is 10.0. The molecule has 0 bridgehead atoms. The third-order valence-electron chi connectivity index (χ3n) is 4.57. The molecule has 0 unspecified atom stereocenters. The number of nitrogens with zero attached hydrogens (tertiary/aromatic N) is 1. The van der Waals surface area contributed by atoms with Crippen LogP contribution in [0.5, 0.6) is 0 Å². The molecule has 134 valence electrons. The molecule has 0 atom stereocenters. The highest BCUT2D eigenvalue weighted by Crippen LogP contribution is 2.28. The van der Waals surface area contributed by atoms with Gasteiger partial charge in [0.05, 0.1) is 0 Å². The molecule has 0 fully saturated rings. The third-order valence-corrected chi connectivity index (χ3v) is 4.57. The normalized spacial score (nSPS) is 10.9. The minimum absolute atomic E-state index is 0.250. The average Bonchev–Trinajstić information content (AvgIpc) is 2.64. The van der Waals surface area contributed by atoms with E-state index in [-0.39, 0.29) is 5.91 Å². The predicted octanol–water partition coefficient (Wildman–Crippen LogP) is 6.46. The Labute approximate surface area is 152 Å². The van der Waals surface area contributed by atoms with E-state index in [9.17, 15) is 4.79 Å². The Morgan fingerprint density at radius 2 is 1.48 bits per heavy atom. The number of carbonyl (C=O) groups is 1. The maximum Gasteiger partial charge on any atom is 0.227 e. The summed E-state index contributed by atoms with van der Waals surface area (Å²) in [5, 5.41) is 0. The Bertz CT molecular complexity index is 644. The topological polar surface area (TPSA) is 20.3 Å². The molecular weight excluding hydrogens is 306 g/mol. The molecule has 2 aromatic rings. The van der Waals surface area contributed by atoms with E-state index in [2.05, 4.69) is 74.2 Å². The standard InChI is InChI=1S/C23H31NO/c1-4-11-21(12-5-2)24(23(25)13-6-3)22-17-10-16-20(18-22)19-14-8-7-9-15-19/h7-10,14-18,21H,4-6,11-13H2,1-3H3. The third kappa shape index (κ3) is 5.19. The first kappa shape index (κ1) is 19.2. The highest BCUT2D eigenvalue weighted by molar-refractivity contribution is 5.94. The van der Waals surface area contributed by atoms with Gasteiger partial charge in [-0.3, -0.25) is 4.79 Å². The molecule has 2 nitrogen and oxygen atoms in total. The van der Waals surface area contributed by atoms with Crippen molar-refractivity contribution in [3.63, 3.8) is 0 Å². The SMILES string of the molecule is CCCC(=O)N(c1cccc(-c2ccccc2)c1)C(CCC)CCC. The zero-order valence-corrected chi connectivity index (χ0v) is 15.9. The van der Waals surface area contributed by atoms with E-state index >= 15 is 0 Å². The van der Waals surface area contributed by atoms with Gasteiger partial charge in [0.1, 0.15) is 0 Å². The van der Waals surface area contributed by atoms with Crippen molar-refractivity contribution < 1.29 is 4.79 Å². The first-order chi connectivity index (χ1) is 12.2. The van der Waals surface area contributed by atoms with E-state index in [1.54, 1.807) is 0 Å². The number of rotatable bonds is 9. The van der Waals surface area contributed by atoms with Crippen LogP contribution < -0.4 is 4.90 Å². The largest absolute Gasteiger partial charge is 0.309 e. The molecular formula is C23H31NO. The molecule has 0 aliphatic carbocycles. The second-order valence-electron chi connectivity index (χ2n) is 6.66. The van der Waals surface area contributed by atoms with Gasteiger partial charge in [-0.05, 0) is 42.5 Å². The van der Waals surface area contributed by atoms with Gasteiger partial charge in [-0.2, -0.15) is 0 Å². The maximum absolute atomic E-state index is 12.9. The Balaban J connectivity index is 2.41. The van der Waals surface area contributed by atoms with Crippen LogP contribution in [-0.2, 0) is 4.79 Å². The van der Waals surface area contributed by atoms with Crippen LogP contribution in [0.2, 0.25) is 0 Å². The van der Waals surface area contributed by atoms with E-state index in [0.717, 1.165) is 37.8 Å². The Hall–Kier alpha value is -2.09. The lowest BCUT2D eigenvalue weighted by molar-refractivity contribution is -0.119. The Morgan fingerprint density at radius 3 is 2.08 bits per heavy atom. The van der Waals surface area contributed by atoms with Crippen LogP contribution in [0.4, 0.5) is 5.69 Å². The Kier molecular flexibility index (Phi) is 7.72. The maximum atomic E-state index is 12.9. The summed E-state index contributed by atoms with van der Waals surface area (Å²) < 4.78 is 0. The minimum Gasteiger partial charge on any atom is -0.309 e. The van der Waals surface area contributed by atoms with Crippen LogP contribution in [0.3, 0.4) is 0 Å². The number of hydrogen-bond donors (Lipinski definition) is 0. The van der Waals surface area contributed by atoms with Gasteiger partial charge in [0.15, 0.2) is 0 Å². The highest BCUT2D eigenvalue weighted by atomic mass is 16.2. The van der Waals surface area contributed by atoms with Gasteiger partial charge >= 0.3 is 0 Å². The van der Waals surface area contributed by atoms with Gasteiger partial charge in [0.25, 0.3) is 0 Å². The van der Waals surface area contributed by atoms with Crippen molar-refractivity contribution in [1.82, 2.24) is 0 Å². The zero-order chi connectivity index (χ0) is 18.1.